The largest absolute Gasteiger partial charge is 0.586 e. The van der Waals surface area contributed by atoms with E-state index >= 15 is 0 Å². The molecule has 1 aliphatic heterocycles. The molecule has 0 aliphatic carbocycles. The summed E-state index contributed by atoms with van der Waals surface area (Å²) >= 11 is 0. The first-order chi connectivity index (χ1) is 10.4. The van der Waals surface area contributed by atoms with Crippen LogP contribution < -0.4 is 14.8 Å². The first-order valence-corrected chi connectivity index (χ1v) is 6.83. The summed E-state index contributed by atoms with van der Waals surface area (Å²) in [6.07, 6.45) is 0.139. The fourth-order valence-corrected chi connectivity index (χ4v) is 1.91. The smallest absolute Gasteiger partial charge is 0.395 e. The van der Waals surface area contributed by atoms with Gasteiger partial charge in [-0.1, -0.05) is 12.1 Å². The number of nitrogens with zero attached hydrogens (tertiary/aromatic N) is 1. The second-order valence-electron chi connectivity index (χ2n) is 5.15. The molecule has 1 heterocycles. The Kier molecular flexibility index (Phi) is 4.97. The van der Waals surface area contributed by atoms with Gasteiger partial charge in [0.25, 0.3) is 0 Å². The Morgan fingerprint density at radius 3 is 2.77 bits per heavy atom. The van der Waals surface area contributed by atoms with Gasteiger partial charge in [-0.15, -0.1) is 8.78 Å². The summed E-state index contributed by atoms with van der Waals surface area (Å²) in [5.74, 6) is -0.154. The van der Waals surface area contributed by atoms with Crippen molar-refractivity contribution in [3.8, 4) is 11.5 Å². The molecule has 0 saturated carbocycles. The van der Waals surface area contributed by atoms with Crippen LogP contribution in [0, 0.1) is 0 Å². The Balaban J connectivity index is 1.79. The van der Waals surface area contributed by atoms with Gasteiger partial charge in [0.2, 0.25) is 5.91 Å². The summed E-state index contributed by atoms with van der Waals surface area (Å²) in [5.41, 5.74) is 0.776. The van der Waals surface area contributed by atoms with Gasteiger partial charge in [-0.3, -0.25) is 4.79 Å². The van der Waals surface area contributed by atoms with Crippen molar-refractivity contribution in [2.24, 2.45) is 0 Å². The van der Waals surface area contributed by atoms with Gasteiger partial charge >= 0.3 is 6.29 Å². The normalized spacial score (nSPS) is 15.5. The van der Waals surface area contributed by atoms with Crippen LogP contribution in [0.25, 0.3) is 0 Å². The number of carbonyl (C=O) groups is 1. The van der Waals surface area contributed by atoms with Gasteiger partial charge in [-0.05, 0) is 38.2 Å². The molecule has 1 N–H and O–H groups in total. The van der Waals surface area contributed by atoms with Crippen molar-refractivity contribution in [1.29, 1.82) is 0 Å². The molecular weight excluding hydrogens is 294 g/mol. The number of benzene rings is 1. The number of rotatable bonds is 6. The van der Waals surface area contributed by atoms with E-state index in [9.17, 15) is 13.6 Å². The van der Waals surface area contributed by atoms with Crippen LogP contribution in [0.1, 0.15) is 5.56 Å². The summed E-state index contributed by atoms with van der Waals surface area (Å²) < 4.78 is 34.5. The summed E-state index contributed by atoms with van der Waals surface area (Å²) in [7, 11) is 3.82. The van der Waals surface area contributed by atoms with E-state index in [2.05, 4.69) is 14.8 Å². The molecule has 1 aromatic carbocycles. The van der Waals surface area contributed by atoms with Crippen molar-refractivity contribution in [2.75, 3.05) is 27.2 Å². The summed E-state index contributed by atoms with van der Waals surface area (Å²) in [6, 6.07) is 4.59. The molecule has 0 aromatic heterocycles. The lowest BCUT2D eigenvalue weighted by Crippen LogP contribution is -2.26. The molecule has 0 spiro atoms. The average molecular weight is 312 g/mol. The van der Waals surface area contributed by atoms with Crippen LogP contribution in [0.4, 0.5) is 8.78 Å². The van der Waals surface area contributed by atoms with Crippen LogP contribution in [0.15, 0.2) is 30.4 Å². The van der Waals surface area contributed by atoms with Crippen molar-refractivity contribution >= 4 is 5.91 Å². The summed E-state index contributed by atoms with van der Waals surface area (Å²) in [6.45, 7) is 1.09. The van der Waals surface area contributed by atoms with Gasteiger partial charge in [0.15, 0.2) is 11.5 Å². The Morgan fingerprint density at radius 2 is 2.05 bits per heavy atom. The standard InChI is InChI=1S/C15H18F2N2O3/c1-19(2)9-3-4-14(20)18-8-7-11-5-6-12-13(10-11)22-15(16,17)21-12/h3-6,10H,7-9H2,1-2H3,(H,18,20)/b4-3+. The Morgan fingerprint density at radius 1 is 1.32 bits per heavy atom. The first kappa shape index (κ1) is 16.2. The molecular formula is C15H18F2N2O3. The number of likely N-dealkylation sites (N-methyl/N-ethyl adjacent to an activating group) is 1. The molecule has 2 rings (SSSR count). The van der Waals surface area contributed by atoms with E-state index in [1.54, 1.807) is 12.1 Å². The number of fused-ring (bicyclic) bond motifs is 1. The van der Waals surface area contributed by atoms with E-state index < -0.39 is 6.29 Å². The van der Waals surface area contributed by atoms with E-state index in [-0.39, 0.29) is 17.4 Å². The Hall–Kier alpha value is -2.15. The minimum atomic E-state index is -3.60. The lowest BCUT2D eigenvalue weighted by molar-refractivity contribution is -0.286. The number of amides is 1. The predicted molar refractivity (Wildman–Crippen MR) is 77.1 cm³/mol. The van der Waals surface area contributed by atoms with Crippen LogP contribution in [0.3, 0.4) is 0 Å². The average Bonchev–Trinajstić information content (AvgIpc) is 2.71. The monoisotopic (exact) mass is 312 g/mol. The molecule has 0 bridgehead atoms. The van der Waals surface area contributed by atoms with Gasteiger partial charge in [0.05, 0.1) is 0 Å². The number of nitrogens with one attached hydrogen (secondary N) is 1. The van der Waals surface area contributed by atoms with E-state index in [1.165, 1.54) is 18.2 Å². The third-order valence-electron chi connectivity index (χ3n) is 2.92. The molecule has 0 radical (unpaired) electrons. The van der Waals surface area contributed by atoms with Crippen molar-refractivity contribution < 1.29 is 23.0 Å². The SMILES string of the molecule is CN(C)C/C=C/C(=O)NCCc1ccc2c(c1)OC(F)(F)O2. The highest BCUT2D eigenvalue weighted by atomic mass is 19.3. The zero-order valence-corrected chi connectivity index (χ0v) is 12.4. The maximum Gasteiger partial charge on any atom is 0.586 e. The molecule has 1 aliphatic rings. The second kappa shape index (κ2) is 6.74. The topological polar surface area (TPSA) is 50.8 Å². The Bertz CT molecular complexity index is 574. The van der Waals surface area contributed by atoms with E-state index in [0.717, 1.165) is 5.56 Å². The van der Waals surface area contributed by atoms with E-state index in [0.29, 0.717) is 19.5 Å². The highest BCUT2D eigenvalue weighted by molar-refractivity contribution is 5.87. The molecule has 0 fully saturated rings. The molecule has 1 aromatic rings. The van der Waals surface area contributed by atoms with Crippen LogP contribution >= 0.6 is 0 Å². The number of alkyl halides is 2. The van der Waals surface area contributed by atoms with Crippen LogP contribution in [0.5, 0.6) is 11.5 Å². The van der Waals surface area contributed by atoms with Gasteiger partial charge in [0.1, 0.15) is 0 Å². The third-order valence-corrected chi connectivity index (χ3v) is 2.92. The van der Waals surface area contributed by atoms with E-state index in [4.69, 9.17) is 0 Å². The maximum atomic E-state index is 12.9. The minimum Gasteiger partial charge on any atom is -0.395 e. The zero-order chi connectivity index (χ0) is 16.2. The van der Waals surface area contributed by atoms with Crippen molar-refractivity contribution in [3.05, 3.63) is 35.9 Å². The molecule has 22 heavy (non-hydrogen) atoms. The molecule has 0 atom stereocenters. The fraction of sp³-hybridized carbons (Fsp3) is 0.400. The maximum absolute atomic E-state index is 12.9. The number of hydrogen-bond acceptors (Lipinski definition) is 4. The number of carbonyl (C=O) groups excluding carboxylic acids is 1. The Labute approximate surface area is 127 Å². The lowest BCUT2D eigenvalue weighted by Gasteiger charge is -2.05. The van der Waals surface area contributed by atoms with E-state index in [1.807, 2.05) is 19.0 Å². The molecule has 5 nitrogen and oxygen atoms in total. The van der Waals surface area contributed by atoms with Crippen LogP contribution in [-0.4, -0.2) is 44.3 Å². The predicted octanol–water partition coefficient (Wildman–Crippen LogP) is 1.78. The van der Waals surface area contributed by atoms with Crippen LogP contribution in [-0.2, 0) is 11.2 Å². The molecule has 0 unspecified atom stereocenters. The summed E-state index contributed by atoms with van der Waals surface area (Å²) in [4.78, 5) is 13.5. The van der Waals surface area contributed by atoms with Crippen molar-refractivity contribution in [1.82, 2.24) is 10.2 Å². The zero-order valence-electron chi connectivity index (χ0n) is 12.4. The second-order valence-corrected chi connectivity index (χ2v) is 5.15. The lowest BCUT2D eigenvalue weighted by atomic mass is 10.1. The van der Waals surface area contributed by atoms with Gasteiger partial charge in [-0.25, -0.2) is 0 Å². The number of hydrogen-bond donors (Lipinski definition) is 1. The first-order valence-electron chi connectivity index (χ1n) is 6.83. The van der Waals surface area contributed by atoms with Gasteiger partial charge in [-0.2, -0.15) is 0 Å². The van der Waals surface area contributed by atoms with Crippen LogP contribution in [0.2, 0.25) is 0 Å². The highest BCUT2D eigenvalue weighted by Crippen LogP contribution is 2.41. The molecule has 1 amide bonds. The molecule has 7 heteroatoms. The molecule has 120 valence electrons. The van der Waals surface area contributed by atoms with Crippen molar-refractivity contribution in [3.63, 3.8) is 0 Å². The molecule has 0 saturated heterocycles. The number of halogens is 2. The van der Waals surface area contributed by atoms with Gasteiger partial charge in [0, 0.05) is 19.2 Å². The third kappa shape index (κ3) is 4.70. The summed E-state index contributed by atoms with van der Waals surface area (Å²) in [5, 5.41) is 2.72. The quantitative estimate of drug-likeness (QED) is 0.814. The highest BCUT2D eigenvalue weighted by Gasteiger charge is 2.43. The van der Waals surface area contributed by atoms with Gasteiger partial charge < -0.3 is 19.7 Å². The minimum absolute atomic E-state index is 0.0136. The fourth-order valence-electron chi connectivity index (χ4n) is 1.91. The number of ether oxygens (including phenoxy) is 2. The van der Waals surface area contributed by atoms with Crippen molar-refractivity contribution in [2.45, 2.75) is 12.7 Å².